The van der Waals surface area contributed by atoms with E-state index in [0.29, 0.717) is 12.3 Å². The van der Waals surface area contributed by atoms with E-state index in [1.165, 1.54) is 6.42 Å². The Balaban J connectivity index is -0.000000207. The summed E-state index contributed by atoms with van der Waals surface area (Å²) in [6.07, 6.45) is 10.2. The smallest absolute Gasteiger partial charge is 0.0949 e. The van der Waals surface area contributed by atoms with E-state index in [9.17, 15) is 0 Å². The predicted octanol–water partition coefficient (Wildman–Crippen LogP) is 0.444. The van der Waals surface area contributed by atoms with Crippen molar-refractivity contribution in [3.63, 3.8) is 0 Å². The molecule has 2 unspecified atom stereocenters. The van der Waals surface area contributed by atoms with E-state index in [1.807, 2.05) is 38.9 Å². The van der Waals surface area contributed by atoms with Crippen molar-refractivity contribution in [3.8, 4) is 0 Å². The van der Waals surface area contributed by atoms with E-state index in [-0.39, 0.29) is 11.0 Å². The second kappa shape index (κ2) is 13.0. The van der Waals surface area contributed by atoms with Gasteiger partial charge >= 0.3 is 0 Å². The third kappa shape index (κ3) is 10.2. The van der Waals surface area contributed by atoms with Crippen molar-refractivity contribution in [2.45, 2.75) is 46.4 Å². The molecule has 2 aliphatic heterocycles. The molecule has 0 aromatic heterocycles. The Hall–Kier alpha value is -1.40. The zero-order valence-corrected chi connectivity index (χ0v) is 13.1. The molecule has 0 spiro atoms. The summed E-state index contributed by atoms with van der Waals surface area (Å²) in [7, 11) is 4.09. The number of hydrogen-bond acceptors (Lipinski definition) is 4. The van der Waals surface area contributed by atoms with Gasteiger partial charge in [0.1, 0.15) is 0 Å². The summed E-state index contributed by atoms with van der Waals surface area (Å²) in [5, 5.41) is 6.23. The standard InChI is InChI=1S/2C5H10N2.C3H8.2H2O/c2*1-5-6-3-4-7(5)2;1-3-2;;/h2*3-6H,1-2H3;3H2,1-2H3;2*1H2. The normalized spacial score (nSPS) is 21.8. The van der Waals surface area contributed by atoms with Crippen LogP contribution in [0.4, 0.5) is 0 Å². The minimum atomic E-state index is 0. The molecular weight excluding hydrogens is 244 g/mol. The molecule has 2 atom stereocenters. The van der Waals surface area contributed by atoms with Crippen molar-refractivity contribution in [2.75, 3.05) is 14.1 Å². The Morgan fingerprint density at radius 2 is 1.11 bits per heavy atom. The van der Waals surface area contributed by atoms with Crippen LogP contribution in [-0.2, 0) is 0 Å². The Labute approximate surface area is 117 Å². The first-order chi connectivity index (χ1) is 8.02. The van der Waals surface area contributed by atoms with Crippen LogP contribution in [0.1, 0.15) is 34.1 Å². The second-order valence-corrected chi connectivity index (χ2v) is 4.35. The molecule has 0 saturated heterocycles. The maximum atomic E-state index is 3.11. The first-order valence-corrected chi connectivity index (χ1v) is 6.32. The first kappa shape index (κ1) is 22.8. The van der Waals surface area contributed by atoms with Crippen molar-refractivity contribution in [3.05, 3.63) is 24.8 Å². The molecule has 6 nitrogen and oxygen atoms in total. The van der Waals surface area contributed by atoms with Gasteiger partial charge in [0.2, 0.25) is 0 Å². The topological polar surface area (TPSA) is 93.5 Å². The molecule has 2 rings (SSSR count). The monoisotopic (exact) mass is 276 g/mol. The van der Waals surface area contributed by atoms with Crippen LogP contribution in [0.2, 0.25) is 0 Å². The molecule has 2 heterocycles. The fraction of sp³-hybridized carbons (Fsp3) is 0.692. The molecule has 0 fully saturated rings. The number of nitrogens with one attached hydrogen (secondary N) is 2. The summed E-state index contributed by atoms with van der Waals surface area (Å²) in [5.41, 5.74) is 0. The highest BCUT2D eigenvalue weighted by atomic mass is 16.0. The fourth-order valence-corrected chi connectivity index (χ4v) is 1.09. The molecule has 2 aliphatic rings. The van der Waals surface area contributed by atoms with Crippen LogP contribution in [0.3, 0.4) is 0 Å². The van der Waals surface area contributed by atoms with Gasteiger partial charge in [-0.05, 0) is 13.8 Å². The van der Waals surface area contributed by atoms with Crippen molar-refractivity contribution in [2.24, 2.45) is 0 Å². The van der Waals surface area contributed by atoms with Gasteiger partial charge in [-0.3, -0.25) is 0 Å². The van der Waals surface area contributed by atoms with Crippen molar-refractivity contribution in [1.82, 2.24) is 20.4 Å². The first-order valence-electron chi connectivity index (χ1n) is 6.32. The molecule has 19 heavy (non-hydrogen) atoms. The van der Waals surface area contributed by atoms with Crippen LogP contribution < -0.4 is 10.6 Å². The van der Waals surface area contributed by atoms with E-state index in [1.54, 1.807) is 0 Å². The zero-order valence-electron chi connectivity index (χ0n) is 13.1. The number of hydrogen-bond donors (Lipinski definition) is 2. The summed E-state index contributed by atoms with van der Waals surface area (Å²) in [6, 6.07) is 0. The largest absolute Gasteiger partial charge is 0.412 e. The quantitative estimate of drug-likeness (QED) is 0.671. The van der Waals surface area contributed by atoms with Gasteiger partial charge in [-0.15, -0.1) is 0 Å². The van der Waals surface area contributed by atoms with Crippen LogP contribution in [0.25, 0.3) is 0 Å². The van der Waals surface area contributed by atoms with Crippen molar-refractivity contribution < 1.29 is 11.0 Å². The van der Waals surface area contributed by atoms with Crippen LogP contribution in [0, 0.1) is 0 Å². The Bertz CT molecular complexity index is 223. The number of nitrogens with zero attached hydrogens (tertiary/aromatic N) is 2. The summed E-state index contributed by atoms with van der Waals surface area (Å²) in [5.74, 6) is 0. The highest BCUT2D eigenvalue weighted by molar-refractivity contribution is 4.90. The maximum absolute atomic E-state index is 3.11. The van der Waals surface area contributed by atoms with Gasteiger partial charge in [0.05, 0.1) is 12.3 Å². The molecule has 6 heteroatoms. The van der Waals surface area contributed by atoms with E-state index in [4.69, 9.17) is 0 Å². The summed E-state index contributed by atoms with van der Waals surface area (Å²) < 4.78 is 0. The highest BCUT2D eigenvalue weighted by Crippen LogP contribution is 1.97. The van der Waals surface area contributed by atoms with Crippen LogP contribution in [0.15, 0.2) is 24.8 Å². The Kier molecular flexibility index (Phi) is 15.6. The molecule has 0 amide bonds. The van der Waals surface area contributed by atoms with Crippen LogP contribution in [0.5, 0.6) is 0 Å². The minimum absolute atomic E-state index is 0. The molecule has 0 aliphatic carbocycles. The Morgan fingerprint density at radius 3 is 1.16 bits per heavy atom. The summed E-state index contributed by atoms with van der Waals surface area (Å²) in [4.78, 5) is 4.22. The molecule has 0 aromatic rings. The molecule has 116 valence electrons. The fourth-order valence-electron chi connectivity index (χ4n) is 1.09. The van der Waals surface area contributed by atoms with E-state index in [2.05, 4.69) is 48.1 Å². The molecular formula is C13H32N4O2. The lowest BCUT2D eigenvalue weighted by molar-refractivity contribution is 0.356. The van der Waals surface area contributed by atoms with Gasteiger partial charge in [0.15, 0.2) is 0 Å². The molecule has 0 radical (unpaired) electrons. The summed E-state index contributed by atoms with van der Waals surface area (Å²) >= 11 is 0. The zero-order chi connectivity index (χ0) is 13.3. The van der Waals surface area contributed by atoms with Crippen LogP contribution in [-0.4, -0.2) is 47.2 Å². The van der Waals surface area contributed by atoms with Gasteiger partial charge in [-0.25, -0.2) is 0 Å². The van der Waals surface area contributed by atoms with Gasteiger partial charge in [0, 0.05) is 38.9 Å². The third-order valence-electron chi connectivity index (χ3n) is 2.52. The van der Waals surface area contributed by atoms with E-state index >= 15 is 0 Å². The SMILES string of the molecule is CC1NC=CN1C.CC1NC=CN1C.CCC.O.O. The average molecular weight is 276 g/mol. The molecule has 0 bridgehead atoms. The number of rotatable bonds is 0. The van der Waals surface area contributed by atoms with Gasteiger partial charge in [0.25, 0.3) is 0 Å². The Morgan fingerprint density at radius 1 is 0.842 bits per heavy atom. The molecule has 6 N–H and O–H groups in total. The average Bonchev–Trinajstić information content (AvgIpc) is 2.81. The summed E-state index contributed by atoms with van der Waals surface area (Å²) in [6.45, 7) is 8.47. The van der Waals surface area contributed by atoms with E-state index < -0.39 is 0 Å². The lowest BCUT2D eigenvalue weighted by Crippen LogP contribution is -2.28. The predicted molar refractivity (Wildman–Crippen MR) is 82.2 cm³/mol. The molecule has 0 aromatic carbocycles. The van der Waals surface area contributed by atoms with Gasteiger partial charge < -0.3 is 31.4 Å². The van der Waals surface area contributed by atoms with Crippen LogP contribution >= 0.6 is 0 Å². The lowest BCUT2D eigenvalue weighted by Gasteiger charge is -2.14. The highest BCUT2D eigenvalue weighted by Gasteiger charge is 2.05. The van der Waals surface area contributed by atoms with Gasteiger partial charge in [-0.2, -0.15) is 0 Å². The molecule has 0 saturated carbocycles. The van der Waals surface area contributed by atoms with Gasteiger partial charge in [-0.1, -0.05) is 20.3 Å². The van der Waals surface area contributed by atoms with Crippen molar-refractivity contribution >= 4 is 0 Å². The third-order valence-corrected chi connectivity index (χ3v) is 2.52. The minimum Gasteiger partial charge on any atom is -0.412 e. The second-order valence-electron chi connectivity index (χ2n) is 4.35. The van der Waals surface area contributed by atoms with Crippen molar-refractivity contribution in [1.29, 1.82) is 0 Å². The maximum Gasteiger partial charge on any atom is 0.0949 e. The lowest BCUT2D eigenvalue weighted by atomic mass is 10.6. The van der Waals surface area contributed by atoms with E-state index in [0.717, 1.165) is 0 Å².